The zero-order valence-electron chi connectivity index (χ0n) is 41.7. The maximum atomic E-state index is 13.5. The van der Waals surface area contributed by atoms with Crippen LogP contribution in [-0.4, -0.2) is 71.8 Å². The van der Waals surface area contributed by atoms with Crippen LogP contribution in [0.4, 0.5) is 0 Å². The number of amides is 1. The van der Waals surface area contributed by atoms with Crippen LogP contribution in [0, 0.1) is 8.80 Å². The Morgan fingerprint density at radius 1 is 0.641 bits per heavy atom. The molecule has 8 nitrogen and oxygen atoms in total. The monoisotopic (exact) mass is 1030 g/mol. The fraction of sp³-hybridized carbons (Fsp3) is 0.815. The molecule has 0 spiro atoms. The molecule has 0 bridgehead atoms. The van der Waals surface area contributed by atoms with Gasteiger partial charge in [0.25, 0.3) is 0 Å². The van der Waals surface area contributed by atoms with Gasteiger partial charge in [0.05, 0.1) is 5.92 Å². The molecule has 0 saturated heterocycles. The number of fused-ring (bicyclic) bond motifs is 1. The molecule has 370 valence electrons. The Kier molecular flexibility index (Phi) is 35.8. The third-order valence-electron chi connectivity index (χ3n) is 12.6. The van der Waals surface area contributed by atoms with E-state index in [2.05, 4.69) is 32.9 Å². The normalized spacial score (nSPS) is 12.8. The van der Waals surface area contributed by atoms with Crippen LogP contribution in [0.5, 0.6) is 0 Å². The second kappa shape index (κ2) is 39.2. The van der Waals surface area contributed by atoms with Crippen LogP contribution in [0.1, 0.15) is 247 Å². The van der Waals surface area contributed by atoms with Crippen LogP contribution in [0.15, 0.2) is 12.2 Å². The number of hydrogen-bond acceptors (Lipinski definition) is 8. The van der Waals surface area contributed by atoms with Gasteiger partial charge < -0.3 is 0 Å². The van der Waals surface area contributed by atoms with Crippen molar-refractivity contribution in [3.63, 3.8) is 0 Å². The zero-order chi connectivity index (χ0) is 46.5. The Morgan fingerprint density at radius 2 is 1.16 bits per heavy atom. The predicted molar refractivity (Wildman–Crippen MR) is 264 cm³/mol. The Balaban J connectivity index is 1.80. The van der Waals surface area contributed by atoms with Crippen molar-refractivity contribution in [3.8, 4) is 0 Å². The van der Waals surface area contributed by atoms with Gasteiger partial charge in [0.2, 0.25) is 0 Å². The van der Waals surface area contributed by atoms with Crippen LogP contribution in [-0.2, 0) is 36.8 Å². The molecule has 2 heterocycles. The van der Waals surface area contributed by atoms with E-state index >= 15 is 0 Å². The number of nitrogens with zero attached hydrogens (tertiary/aromatic N) is 2. The van der Waals surface area contributed by atoms with Crippen LogP contribution >= 0.6 is 11.3 Å². The molecule has 0 radical (unpaired) electrons. The van der Waals surface area contributed by atoms with Gasteiger partial charge in [0, 0.05) is 0 Å². The molecule has 2 rings (SSSR count). The Hall–Kier alpha value is -1.79. The Labute approximate surface area is 406 Å². The molecule has 1 aromatic rings. The van der Waals surface area contributed by atoms with Crippen molar-refractivity contribution in [3.05, 3.63) is 31.0 Å². The third kappa shape index (κ3) is 27.8. The number of likely N-dealkylation sites (N-methyl/N-ethyl adjacent to an activating group) is 1. The number of halogens is 1. The fourth-order valence-corrected chi connectivity index (χ4v) is 13.3. The third-order valence-corrected chi connectivity index (χ3v) is 16.9. The van der Waals surface area contributed by atoms with Gasteiger partial charge in [-0.1, -0.05) is 130 Å². The second-order valence-electron chi connectivity index (χ2n) is 18.7. The van der Waals surface area contributed by atoms with Gasteiger partial charge in [-0.05, 0) is 12.8 Å². The van der Waals surface area contributed by atoms with Gasteiger partial charge in [-0.25, -0.2) is 0 Å². The van der Waals surface area contributed by atoms with E-state index in [9.17, 15) is 19.2 Å². The summed E-state index contributed by atoms with van der Waals surface area (Å²) in [6, 6.07) is 0. The number of hydrogen-bond donors (Lipinski definition) is 0. The number of ether oxygens (including phenoxy) is 2. The fourth-order valence-electron chi connectivity index (χ4n) is 8.45. The first-order valence-electron chi connectivity index (χ1n) is 26.4. The van der Waals surface area contributed by atoms with Gasteiger partial charge in [-0.2, -0.15) is 0 Å². The van der Waals surface area contributed by atoms with Gasteiger partial charge in [-0.15, -0.1) is 0 Å². The Bertz CT molecular complexity index is 1400. The first kappa shape index (κ1) is 58.3. The van der Waals surface area contributed by atoms with Crippen molar-refractivity contribution in [2.45, 2.75) is 239 Å². The summed E-state index contributed by atoms with van der Waals surface area (Å²) in [6.07, 6.45) is 41.4. The molecular formula is C54H94IN2O6S-. The van der Waals surface area contributed by atoms with E-state index in [1.165, 1.54) is 122 Å². The number of unbranched alkanes of at least 4 members (excludes halogenated alkanes) is 23. The summed E-state index contributed by atoms with van der Waals surface area (Å²) in [6.45, 7) is 9.17. The molecule has 0 atom stereocenters. The molecule has 0 saturated carbocycles. The number of allylic oxidation sites excluding steroid dienone is 2. The molecular weight excluding hydrogens is 932 g/mol. The summed E-state index contributed by atoms with van der Waals surface area (Å²) in [5.74, 6) is -0.204. The maximum absolute atomic E-state index is 13.5. The molecule has 1 aromatic heterocycles. The number of carbonyl (C=O) groups is 4. The van der Waals surface area contributed by atoms with E-state index < -0.39 is 21.2 Å². The molecule has 10 heteroatoms. The van der Waals surface area contributed by atoms with Crippen LogP contribution in [0.25, 0.3) is 0 Å². The molecule has 1 aliphatic heterocycles. The minimum absolute atomic E-state index is 0.0123. The second-order valence-corrected chi connectivity index (χ2v) is 23.4. The predicted octanol–water partition coefficient (Wildman–Crippen LogP) is 11.4. The van der Waals surface area contributed by atoms with Crippen molar-refractivity contribution in [2.75, 3.05) is 40.4 Å². The topological polar surface area (TPSA) is 93.2 Å². The van der Waals surface area contributed by atoms with Crippen molar-refractivity contribution >= 4 is 33.0 Å². The average Bonchev–Trinajstić information content (AvgIpc) is 3.64. The van der Waals surface area contributed by atoms with E-state index in [1.807, 2.05) is 23.9 Å². The molecule has 0 aliphatic carbocycles. The van der Waals surface area contributed by atoms with Crippen molar-refractivity contribution in [2.24, 2.45) is 5.92 Å². The number of rotatable bonds is 42. The van der Waals surface area contributed by atoms with Crippen LogP contribution in [0.3, 0.4) is 0 Å². The standard InChI is InChI=1S/C54H94IN2O6S/c1-6-9-12-15-18-19-20-21-22-23-24-25-26-29-33-38-49(58)55-52-51(54(61)63-44-42-56(4)5)47-40-41-57(45-48(47)64-52)50(59)39-34-30-35-43-62-53(60)46(36-31-27-16-13-10-7-2)37-32-28-17-14-11-8-3/h21-22,46H,6-20,23-45H2,1-5H3/q-1/b22-21-. The van der Waals surface area contributed by atoms with Crippen molar-refractivity contribution in [1.82, 2.24) is 9.80 Å². The summed E-state index contributed by atoms with van der Waals surface area (Å²) in [5.41, 5.74) is 1.60. The van der Waals surface area contributed by atoms with E-state index in [1.54, 1.807) is 11.3 Å². The molecule has 0 N–H and O–H groups in total. The quantitative estimate of drug-likeness (QED) is 0.0212. The summed E-state index contributed by atoms with van der Waals surface area (Å²) in [4.78, 5) is 58.4. The van der Waals surface area contributed by atoms with Gasteiger partial charge in [0.15, 0.2) is 0 Å². The Morgan fingerprint density at radius 3 is 1.73 bits per heavy atom. The first-order valence-corrected chi connectivity index (χ1v) is 29.4. The van der Waals surface area contributed by atoms with Crippen LogP contribution in [0.2, 0.25) is 0 Å². The molecule has 0 unspecified atom stereocenters. The molecule has 0 aromatic carbocycles. The summed E-state index contributed by atoms with van der Waals surface area (Å²) >= 11 is 0.574. The molecule has 1 aliphatic rings. The van der Waals surface area contributed by atoms with E-state index in [-0.39, 0.29) is 27.6 Å². The van der Waals surface area contributed by atoms with E-state index in [4.69, 9.17) is 9.47 Å². The van der Waals surface area contributed by atoms with Crippen LogP contribution < -0.4 is 21.2 Å². The van der Waals surface area contributed by atoms with Gasteiger partial charge >= 0.3 is 256 Å². The summed E-state index contributed by atoms with van der Waals surface area (Å²) < 4.78 is 12.8. The SMILES string of the molecule is CCCCCCCC/C=C\CCCCCCCC(=O)[I-]c1sc2c(c1C(=O)OCCN(C)C)CCN(C(=O)CCCCCOC(=O)C(CCCCCCCC)CCCCCCCC)C2. The van der Waals surface area contributed by atoms with E-state index in [0.717, 1.165) is 84.0 Å². The first-order chi connectivity index (χ1) is 31.2. The van der Waals surface area contributed by atoms with Crippen molar-refractivity contribution < 1.29 is 49.9 Å². The zero-order valence-corrected chi connectivity index (χ0v) is 44.7. The summed E-state index contributed by atoms with van der Waals surface area (Å²) in [5, 5.41) is 0. The molecule has 0 fully saturated rings. The number of esters is 2. The number of thiophene rings is 1. The van der Waals surface area contributed by atoms with Gasteiger partial charge in [0.1, 0.15) is 0 Å². The molecule has 64 heavy (non-hydrogen) atoms. The van der Waals surface area contributed by atoms with Gasteiger partial charge in [-0.3, -0.25) is 4.79 Å². The minimum atomic E-state index is -0.995. The molecule has 1 amide bonds. The summed E-state index contributed by atoms with van der Waals surface area (Å²) in [7, 11) is 3.91. The number of carbonyl (C=O) groups excluding carboxylic acids is 4. The van der Waals surface area contributed by atoms with Crippen molar-refractivity contribution in [1.29, 1.82) is 0 Å². The van der Waals surface area contributed by atoms with E-state index in [0.29, 0.717) is 57.7 Å². The average molecular weight is 1030 g/mol.